The number of aliphatic hydroxyl groups is 1. The Morgan fingerprint density at radius 3 is 2.55 bits per heavy atom. The maximum Gasteiger partial charge on any atom is 0.105 e. The maximum absolute atomic E-state index is 9.36. The van der Waals surface area contributed by atoms with E-state index in [2.05, 4.69) is 23.8 Å². The van der Waals surface area contributed by atoms with Gasteiger partial charge in [0.25, 0.3) is 0 Å². The van der Waals surface area contributed by atoms with Gasteiger partial charge in [0, 0.05) is 13.1 Å². The first-order chi connectivity index (χ1) is 5.13. The highest BCUT2D eigenvalue weighted by Gasteiger charge is 2.24. The molecule has 0 radical (unpaired) electrons. The van der Waals surface area contributed by atoms with Crippen LogP contribution in [0.4, 0.5) is 0 Å². The van der Waals surface area contributed by atoms with Crippen molar-refractivity contribution in [3.05, 3.63) is 0 Å². The van der Waals surface area contributed by atoms with Gasteiger partial charge in [-0.3, -0.25) is 9.80 Å². The Kier molecular flexibility index (Phi) is 2.87. The predicted molar refractivity (Wildman–Crippen MR) is 45.1 cm³/mol. The van der Waals surface area contributed by atoms with Gasteiger partial charge in [0.15, 0.2) is 0 Å². The molecule has 0 bridgehead atoms. The molecule has 2 unspecified atom stereocenters. The Bertz CT molecular complexity index is 127. The molecule has 1 N–H and O–H groups in total. The minimum Gasteiger partial charge on any atom is -0.379 e. The van der Waals surface area contributed by atoms with E-state index in [4.69, 9.17) is 0 Å². The van der Waals surface area contributed by atoms with Crippen molar-refractivity contribution in [2.75, 3.05) is 20.1 Å². The van der Waals surface area contributed by atoms with Crippen LogP contribution in [-0.2, 0) is 0 Å². The van der Waals surface area contributed by atoms with Crippen LogP contribution in [0.3, 0.4) is 0 Å². The molecule has 1 aliphatic rings. The molecule has 0 aromatic heterocycles. The molecule has 2 atom stereocenters. The number of hydrogen-bond acceptors (Lipinski definition) is 3. The molecule has 3 nitrogen and oxygen atoms in total. The second-order valence-corrected chi connectivity index (χ2v) is 3.34. The van der Waals surface area contributed by atoms with Crippen molar-refractivity contribution in [3.63, 3.8) is 0 Å². The third-order valence-corrected chi connectivity index (χ3v) is 2.52. The smallest absolute Gasteiger partial charge is 0.105 e. The van der Waals surface area contributed by atoms with E-state index in [0.717, 1.165) is 19.5 Å². The van der Waals surface area contributed by atoms with Crippen molar-refractivity contribution in [2.24, 2.45) is 0 Å². The quantitative estimate of drug-likeness (QED) is 0.595. The molecule has 1 aliphatic heterocycles. The third kappa shape index (κ3) is 1.92. The highest BCUT2D eigenvalue weighted by molar-refractivity contribution is 4.73. The summed E-state index contributed by atoms with van der Waals surface area (Å²) in [7, 11) is 2.10. The van der Waals surface area contributed by atoms with Crippen molar-refractivity contribution >= 4 is 0 Å². The first kappa shape index (κ1) is 8.97. The normalized spacial score (nSPS) is 32.2. The van der Waals surface area contributed by atoms with Gasteiger partial charge >= 0.3 is 0 Å². The number of rotatable bonds is 1. The van der Waals surface area contributed by atoms with Crippen LogP contribution in [0.2, 0.25) is 0 Å². The molecule has 11 heavy (non-hydrogen) atoms. The van der Waals surface area contributed by atoms with Crippen LogP contribution in [0.5, 0.6) is 0 Å². The summed E-state index contributed by atoms with van der Waals surface area (Å²) in [5.41, 5.74) is 0. The fourth-order valence-corrected chi connectivity index (χ4v) is 1.63. The van der Waals surface area contributed by atoms with Crippen LogP contribution >= 0.6 is 0 Å². The Hall–Kier alpha value is -0.120. The van der Waals surface area contributed by atoms with Gasteiger partial charge in [-0.2, -0.15) is 0 Å². The number of aliphatic hydroxyl groups excluding tert-OH is 1. The first-order valence-corrected chi connectivity index (χ1v) is 4.27. The van der Waals surface area contributed by atoms with E-state index < -0.39 is 0 Å². The van der Waals surface area contributed by atoms with Gasteiger partial charge in [0.1, 0.15) is 6.23 Å². The maximum atomic E-state index is 9.36. The molecule has 0 saturated carbocycles. The second-order valence-electron chi connectivity index (χ2n) is 3.34. The van der Waals surface area contributed by atoms with Crippen LogP contribution < -0.4 is 0 Å². The van der Waals surface area contributed by atoms with E-state index in [1.807, 2.05) is 6.92 Å². The van der Waals surface area contributed by atoms with Crippen molar-refractivity contribution in [3.8, 4) is 0 Å². The molecule has 0 spiro atoms. The van der Waals surface area contributed by atoms with Crippen LogP contribution in [0.15, 0.2) is 0 Å². The lowest BCUT2D eigenvalue weighted by Crippen LogP contribution is -2.53. The Balaban J connectivity index is 2.51. The summed E-state index contributed by atoms with van der Waals surface area (Å²) in [6.07, 6.45) is 1.22. The molecule has 0 amide bonds. The van der Waals surface area contributed by atoms with Crippen molar-refractivity contribution in [1.82, 2.24) is 9.80 Å². The molecule has 1 heterocycles. The Morgan fingerprint density at radius 2 is 2.09 bits per heavy atom. The summed E-state index contributed by atoms with van der Waals surface area (Å²) in [5, 5.41) is 9.36. The first-order valence-electron chi connectivity index (χ1n) is 4.27. The zero-order chi connectivity index (χ0) is 8.43. The van der Waals surface area contributed by atoms with Gasteiger partial charge < -0.3 is 5.11 Å². The SMILES string of the molecule is CC(O)N1CCCN(C)C1C. The van der Waals surface area contributed by atoms with Crippen LogP contribution in [0.1, 0.15) is 20.3 Å². The Labute approximate surface area is 68.6 Å². The summed E-state index contributed by atoms with van der Waals surface area (Å²) in [4.78, 5) is 4.36. The fourth-order valence-electron chi connectivity index (χ4n) is 1.63. The zero-order valence-electron chi connectivity index (χ0n) is 7.62. The van der Waals surface area contributed by atoms with Crippen molar-refractivity contribution < 1.29 is 5.11 Å². The molecular weight excluding hydrogens is 140 g/mol. The molecule has 0 aromatic carbocycles. The summed E-state index contributed by atoms with van der Waals surface area (Å²) in [6.45, 7) is 6.12. The van der Waals surface area contributed by atoms with E-state index >= 15 is 0 Å². The van der Waals surface area contributed by atoms with E-state index in [9.17, 15) is 5.11 Å². The summed E-state index contributed by atoms with van der Waals surface area (Å²) in [6, 6.07) is 0. The lowest BCUT2D eigenvalue weighted by molar-refractivity contribution is -0.0746. The van der Waals surface area contributed by atoms with E-state index in [1.54, 1.807) is 0 Å². The van der Waals surface area contributed by atoms with Gasteiger partial charge in [0.05, 0.1) is 6.17 Å². The summed E-state index contributed by atoms with van der Waals surface area (Å²) >= 11 is 0. The zero-order valence-corrected chi connectivity index (χ0v) is 7.62. The average Bonchev–Trinajstić information content (AvgIpc) is 1.94. The second kappa shape index (κ2) is 3.52. The highest BCUT2D eigenvalue weighted by atomic mass is 16.3. The molecule has 3 heteroatoms. The number of hydrogen-bond donors (Lipinski definition) is 1. The minimum atomic E-state index is -0.312. The van der Waals surface area contributed by atoms with Gasteiger partial charge in [-0.05, 0) is 27.3 Å². The van der Waals surface area contributed by atoms with Gasteiger partial charge in [-0.15, -0.1) is 0 Å². The lowest BCUT2D eigenvalue weighted by Gasteiger charge is -2.41. The fraction of sp³-hybridized carbons (Fsp3) is 1.00. The van der Waals surface area contributed by atoms with Gasteiger partial charge in [-0.25, -0.2) is 0 Å². The van der Waals surface area contributed by atoms with Crippen molar-refractivity contribution in [1.29, 1.82) is 0 Å². The topological polar surface area (TPSA) is 26.7 Å². The summed E-state index contributed by atoms with van der Waals surface area (Å²) in [5.74, 6) is 0. The average molecular weight is 158 g/mol. The molecule has 1 fully saturated rings. The monoisotopic (exact) mass is 158 g/mol. The molecule has 1 rings (SSSR count). The molecule has 1 saturated heterocycles. The Morgan fingerprint density at radius 1 is 1.45 bits per heavy atom. The van der Waals surface area contributed by atoms with Crippen molar-refractivity contribution in [2.45, 2.75) is 32.7 Å². The van der Waals surface area contributed by atoms with E-state index in [1.165, 1.54) is 0 Å². The third-order valence-electron chi connectivity index (χ3n) is 2.52. The van der Waals surface area contributed by atoms with Crippen LogP contribution in [0, 0.1) is 0 Å². The van der Waals surface area contributed by atoms with E-state index in [-0.39, 0.29) is 6.23 Å². The predicted octanol–water partition coefficient (Wildman–Crippen LogP) is 0.308. The molecule has 0 aliphatic carbocycles. The summed E-state index contributed by atoms with van der Waals surface area (Å²) < 4.78 is 0. The lowest BCUT2D eigenvalue weighted by atomic mass is 10.2. The molecule has 0 aromatic rings. The highest BCUT2D eigenvalue weighted by Crippen LogP contribution is 2.13. The van der Waals surface area contributed by atoms with E-state index in [0.29, 0.717) is 6.17 Å². The molecule has 66 valence electrons. The number of nitrogens with zero attached hydrogens (tertiary/aromatic N) is 2. The van der Waals surface area contributed by atoms with Gasteiger partial charge in [-0.1, -0.05) is 0 Å². The van der Waals surface area contributed by atoms with Crippen LogP contribution in [-0.4, -0.2) is 47.4 Å². The minimum absolute atomic E-state index is 0.312. The standard InChI is InChI=1S/C8H18N2O/c1-7-9(3)5-4-6-10(7)8(2)11/h7-8,11H,4-6H2,1-3H3. The van der Waals surface area contributed by atoms with Gasteiger partial charge in [0.2, 0.25) is 0 Å². The van der Waals surface area contributed by atoms with Crippen LogP contribution in [0.25, 0.3) is 0 Å². The molecular formula is C8H18N2O. The largest absolute Gasteiger partial charge is 0.379 e.